The first-order valence-electron chi connectivity index (χ1n) is 13.2. The van der Waals surface area contributed by atoms with Gasteiger partial charge in [0.15, 0.2) is 0 Å². The van der Waals surface area contributed by atoms with Crippen LogP contribution in [0.1, 0.15) is 90.6 Å². The van der Waals surface area contributed by atoms with Crippen molar-refractivity contribution in [1.82, 2.24) is 14.9 Å². The number of aromatic nitrogens is 2. The van der Waals surface area contributed by atoms with E-state index < -0.39 is 42.0 Å². The van der Waals surface area contributed by atoms with Crippen LogP contribution >= 0.6 is 11.3 Å². The summed E-state index contributed by atoms with van der Waals surface area (Å²) in [6, 6.07) is -0.957. The number of thiazole rings is 1. The first-order valence-corrected chi connectivity index (χ1v) is 14.0. The summed E-state index contributed by atoms with van der Waals surface area (Å²) in [5.41, 5.74) is -0.889. The number of unbranched alkanes of at least 4 members (excludes halogenated alkanes) is 1. The molecule has 2 saturated heterocycles. The number of carbonyl (C=O) groups is 2. The van der Waals surface area contributed by atoms with Gasteiger partial charge in [-0.05, 0) is 56.9 Å². The number of hydrogen-bond acceptors (Lipinski definition) is 7. The molecule has 13 heteroatoms. The number of hydrogen-bond donors (Lipinski definition) is 1. The van der Waals surface area contributed by atoms with Crippen LogP contribution in [0.25, 0.3) is 10.4 Å². The zero-order valence-corrected chi connectivity index (χ0v) is 22.1. The first kappa shape index (κ1) is 27.7. The van der Waals surface area contributed by atoms with E-state index in [2.05, 4.69) is 15.3 Å². The fourth-order valence-electron chi connectivity index (χ4n) is 5.45. The number of halogens is 5. The highest BCUT2D eigenvalue weighted by atomic mass is 32.1. The molecule has 0 unspecified atom stereocenters. The molecule has 2 bridgehead atoms. The van der Waals surface area contributed by atoms with Crippen molar-refractivity contribution >= 4 is 29.0 Å². The third-order valence-corrected chi connectivity index (χ3v) is 8.66. The van der Waals surface area contributed by atoms with E-state index in [4.69, 9.17) is 4.74 Å². The van der Waals surface area contributed by atoms with Crippen molar-refractivity contribution in [3.05, 3.63) is 28.5 Å². The van der Waals surface area contributed by atoms with Crippen molar-refractivity contribution < 1.29 is 36.3 Å². The van der Waals surface area contributed by atoms with Crippen molar-refractivity contribution in [2.24, 2.45) is 5.92 Å². The molecule has 2 aromatic heterocycles. The summed E-state index contributed by atoms with van der Waals surface area (Å²) in [6.45, 7) is 2.07. The molecule has 1 N–H and O–H groups in total. The Balaban J connectivity index is 1.52. The molecule has 1 saturated carbocycles. The zero-order chi connectivity index (χ0) is 27.9. The molecule has 212 valence electrons. The van der Waals surface area contributed by atoms with Gasteiger partial charge >= 0.3 is 12.1 Å². The predicted molar refractivity (Wildman–Crippen MR) is 134 cm³/mol. The number of ether oxygens (including phenoxy) is 1. The van der Waals surface area contributed by atoms with Crippen LogP contribution in [0, 0.1) is 5.92 Å². The second kappa shape index (κ2) is 11.0. The van der Waals surface area contributed by atoms with Crippen LogP contribution in [0.15, 0.2) is 12.3 Å². The molecule has 7 nitrogen and oxygen atoms in total. The van der Waals surface area contributed by atoms with Crippen LogP contribution in [0.4, 0.5) is 27.8 Å². The lowest BCUT2D eigenvalue weighted by atomic mass is 10.0. The molecule has 1 amide bonds. The van der Waals surface area contributed by atoms with Crippen LogP contribution in [-0.2, 0) is 4.74 Å². The number of fused-ring (bicyclic) bond motifs is 2. The predicted octanol–water partition coefficient (Wildman–Crippen LogP) is 6.62. The van der Waals surface area contributed by atoms with Gasteiger partial charge in [-0.25, -0.2) is 23.5 Å². The number of carbonyl (C=O) groups excluding carboxylic acids is 2. The van der Waals surface area contributed by atoms with Gasteiger partial charge in [-0.3, -0.25) is 4.79 Å². The summed E-state index contributed by atoms with van der Waals surface area (Å²) in [6.07, 6.45) is -1.07. The molecule has 4 heterocycles. The number of pyridine rings is 1. The zero-order valence-electron chi connectivity index (χ0n) is 21.3. The van der Waals surface area contributed by atoms with Crippen molar-refractivity contribution in [2.45, 2.75) is 89.0 Å². The average Bonchev–Trinajstić information content (AvgIpc) is 3.32. The summed E-state index contributed by atoms with van der Waals surface area (Å²) in [7, 11) is 0. The SMILES string of the molecule is CCCCOC(=O)c1nc(C(=O)N2C3CCC2CC3)c(-c2cnc(N[C@@H](C3CC3)C(F)(F)F)cc2C(F)F)s1. The number of nitrogens with one attached hydrogen (secondary N) is 1. The standard InChI is InChI=1S/C26H29F5N4O3S/c1-2-3-10-38-25(37)23-34-19(24(36)35-14-6-7-15(35)9-8-14)20(39-23)17-12-32-18(11-16(17)22(27)28)33-21(13-4-5-13)26(29,30)31/h11-15,21-22H,2-10H2,1H3,(H,32,33)/t14?,15?,21-/m0/s1. The van der Waals surface area contributed by atoms with Crippen molar-refractivity contribution in [1.29, 1.82) is 0 Å². The van der Waals surface area contributed by atoms with Crippen molar-refractivity contribution in [3.63, 3.8) is 0 Å². The van der Waals surface area contributed by atoms with E-state index in [0.29, 0.717) is 19.3 Å². The normalized spacial score (nSPS) is 21.5. The maximum atomic E-state index is 14.3. The minimum absolute atomic E-state index is 0.0256. The van der Waals surface area contributed by atoms with Gasteiger partial charge < -0.3 is 15.0 Å². The Morgan fingerprint density at radius 2 is 1.82 bits per heavy atom. The molecule has 3 aliphatic rings. The molecule has 1 aliphatic carbocycles. The average molecular weight is 573 g/mol. The molecular formula is C26H29F5N4O3S. The lowest BCUT2D eigenvalue weighted by Gasteiger charge is -2.23. The molecule has 5 rings (SSSR count). The van der Waals surface area contributed by atoms with E-state index in [-0.39, 0.29) is 45.7 Å². The smallest absolute Gasteiger partial charge is 0.408 e. The monoisotopic (exact) mass is 572 g/mol. The number of esters is 1. The third kappa shape index (κ3) is 5.73. The van der Waals surface area contributed by atoms with Crippen molar-refractivity contribution in [2.75, 3.05) is 11.9 Å². The maximum absolute atomic E-state index is 14.3. The van der Waals surface area contributed by atoms with Crippen molar-refractivity contribution in [3.8, 4) is 10.4 Å². The van der Waals surface area contributed by atoms with Crippen LogP contribution in [0.3, 0.4) is 0 Å². The van der Waals surface area contributed by atoms with Gasteiger partial charge in [0.1, 0.15) is 17.6 Å². The second-order valence-electron chi connectivity index (χ2n) is 10.3. The van der Waals surface area contributed by atoms with Gasteiger partial charge in [0.25, 0.3) is 12.3 Å². The van der Waals surface area contributed by atoms with Gasteiger partial charge in [-0.1, -0.05) is 13.3 Å². The Morgan fingerprint density at radius 3 is 2.38 bits per heavy atom. The number of amides is 1. The van der Waals surface area contributed by atoms with Crippen LogP contribution < -0.4 is 5.32 Å². The molecule has 39 heavy (non-hydrogen) atoms. The van der Waals surface area contributed by atoms with E-state index in [1.165, 1.54) is 0 Å². The van der Waals surface area contributed by atoms with Gasteiger partial charge in [0, 0.05) is 29.4 Å². The molecule has 2 aromatic rings. The highest BCUT2D eigenvalue weighted by molar-refractivity contribution is 7.17. The third-order valence-electron chi connectivity index (χ3n) is 7.59. The van der Waals surface area contributed by atoms with Crippen LogP contribution in [-0.4, -0.2) is 57.7 Å². The highest BCUT2D eigenvalue weighted by Gasteiger charge is 2.49. The summed E-state index contributed by atoms with van der Waals surface area (Å²) in [5, 5.41) is 2.13. The molecule has 1 atom stereocenters. The van der Waals surface area contributed by atoms with E-state index in [1.54, 1.807) is 4.90 Å². The van der Waals surface area contributed by atoms with E-state index in [1.807, 2.05) is 6.92 Å². The Morgan fingerprint density at radius 1 is 1.15 bits per heavy atom. The lowest BCUT2D eigenvalue weighted by Crippen LogP contribution is -2.38. The minimum Gasteiger partial charge on any atom is -0.460 e. The molecule has 0 radical (unpaired) electrons. The van der Waals surface area contributed by atoms with Gasteiger partial charge in [0.05, 0.1) is 11.5 Å². The molecular weight excluding hydrogens is 543 g/mol. The molecule has 0 aromatic carbocycles. The quantitative estimate of drug-likeness (QED) is 0.196. The Hall–Kier alpha value is -2.83. The second-order valence-corrected chi connectivity index (χ2v) is 11.3. The van der Waals surface area contributed by atoms with E-state index in [9.17, 15) is 31.5 Å². The number of rotatable bonds is 10. The van der Waals surface area contributed by atoms with E-state index in [0.717, 1.165) is 55.7 Å². The summed E-state index contributed by atoms with van der Waals surface area (Å²) < 4.78 is 74.4. The fraction of sp³-hybridized carbons (Fsp3) is 0.615. The number of anilines is 1. The number of alkyl halides is 5. The van der Waals surface area contributed by atoms with Gasteiger partial charge in [-0.2, -0.15) is 13.2 Å². The Labute approximate surface area is 226 Å². The lowest BCUT2D eigenvalue weighted by molar-refractivity contribution is -0.146. The topological polar surface area (TPSA) is 84.4 Å². The van der Waals surface area contributed by atoms with Crippen LogP contribution in [0.5, 0.6) is 0 Å². The maximum Gasteiger partial charge on any atom is 0.408 e. The summed E-state index contributed by atoms with van der Waals surface area (Å²) in [5.74, 6) is -2.19. The molecule has 2 aliphatic heterocycles. The fourth-order valence-corrected chi connectivity index (χ4v) is 6.43. The van der Waals surface area contributed by atoms with Gasteiger partial charge in [0.2, 0.25) is 5.01 Å². The highest BCUT2D eigenvalue weighted by Crippen LogP contribution is 2.44. The largest absolute Gasteiger partial charge is 0.460 e. The Bertz CT molecular complexity index is 1210. The first-order chi connectivity index (χ1) is 18.6. The minimum atomic E-state index is -4.56. The van der Waals surface area contributed by atoms with Gasteiger partial charge in [-0.15, -0.1) is 11.3 Å². The molecule has 3 fully saturated rings. The van der Waals surface area contributed by atoms with Crippen LogP contribution in [0.2, 0.25) is 0 Å². The van der Waals surface area contributed by atoms with E-state index >= 15 is 0 Å². The summed E-state index contributed by atoms with van der Waals surface area (Å²) >= 11 is 0.752. The summed E-state index contributed by atoms with van der Waals surface area (Å²) in [4.78, 5) is 36.4. The molecule has 0 spiro atoms. The number of nitrogens with zero attached hydrogens (tertiary/aromatic N) is 3. The Kier molecular flexibility index (Phi) is 7.80.